The molecule has 5 heteroatoms. The van der Waals surface area contributed by atoms with Crippen molar-refractivity contribution in [1.29, 1.82) is 0 Å². The van der Waals surface area contributed by atoms with Gasteiger partial charge in [-0.15, -0.1) is 0 Å². The third kappa shape index (κ3) is 2.08. The van der Waals surface area contributed by atoms with E-state index in [0.717, 1.165) is 10.6 Å². The number of carbonyl (C=O) groups excluding carboxylic acids is 1. The summed E-state index contributed by atoms with van der Waals surface area (Å²) in [5, 5.41) is 1.89. The molecule has 0 bridgehead atoms. The van der Waals surface area contributed by atoms with Crippen LogP contribution in [-0.4, -0.2) is 11.5 Å². The zero-order chi connectivity index (χ0) is 11.5. The van der Waals surface area contributed by atoms with Gasteiger partial charge in [-0.25, -0.2) is 4.98 Å². The number of hydrogen-bond donors (Lipinski definition) is 0. The van der Waals surface area contributed by atoms with Crippen LogP contribution < -0.4 is 4.74 Å². The standard InChI is InChI=1S/C11H8ClNO2S/c1-7-13-10(11(16-7)15-6-14)8-4-2-3-5-9(8)12/h2-6H,1H3. The van der Waals surface area contributed by atoms with Crippen LogP contribution in [0.1, 0.15) is 5.01 Å². The van der Waals surface area contributed by atoms with E-state index >= 15 is 0 Å². The van der Waals surface area contributed by atoms with Crippen LogP contribution in [0.5, 0.6) is 5.06 Å². The van der Waals surface area contributed by atoms with Crippen molar-refractivity contribution in [3.63, 3.8) is 0 Å². The summed E-state index contributed by atoms with van der Waals surface area (Å²) in [4.78, 5) is 14.7. The molecule has 2 rings (SSSR count). The SMILES string of the molecule is Cc1nc(-c2ccccc2Cl)c(OC=O)s1. The minimum Gasteiger partial charge on any atom is -0.415 e. The zero-order valence-electron chi connectivity index (χ0n) is 8.44. The van der Waals surface area contributed by atoms with E-state index in [-0.39, 0.29) is 0 Å². The van der Waals surface area contributed by atoms with Gasteiger partial charge in [-0.2, -0.15) is 0 Å². The predicted molar refractivity (Wildman–Crippen MR) is 64.0 cm³/mol. The Morgan fingerprint density at radius 3 is 2.88 bits per heavy atom. The van der Waals surface area contributed by atoms with Gasteiger partial charge in [0.15, 0.2) is 0 Å². The first-order valence-corrected chi connectivity index (χ1v) is 5.74. The molecule has 0 spiro atoms. The highest BCUT2D eigenvalue weighted by molar-refractivity contribution is 7.14. The molecule has 0 amide bonds. The fraction of sp³-hybridized carbons (Fsp3) is 0.0909. The van der Waals surface area contributed by atoms with E-state index in [2.05, 4.69) is 4.98 Å². The Bertz CT molecular complexity index is 524. The quantitative estimate of drug-likeness (QED) is 0.788. The Morgan fingerprint density at radius 2 is 2.19 bits per heavy atom. The topological polar surface area (TPSA) is 39.2 Å². The number of carbonyl (C=O) groups is 1. The van der Waals surface area contributed by atoms with E-state index in [4.69, 9.17) is 16.3 Å². The molecule has 0 N–H and O–H groups in total. The summed E-state index contributed by atoms with van der Waals surface area (Å²) in [6.07, 6.45) is 0. The average molecular weight is 254 g/mol. The highest BCUT2D eigenvalue weighted by Gasteiger charge is 2.14. The van der Waals surface area contributed by atoms with Gasteiger partial charge in [0.2, 0.25) is 5.06 Å². The second-order valence-electron chi connectivity index (χ2n) is 3.06. The van der Waals surface area contributed by atoms with Gasteiger partial charge in [-0.05, 0) is 13.0 Å². The number of ether oxygens (including phenoxy) is 1. The van der Waals surface area contributed by atoms with E-state index in [9.17, 15) is 4.79 Å². The first-order valence-electron chi connectivity index (χ1n) is 4.55. The number of thiazole rings is 1. The first kappa shape index (κ1) is 11.1. The normalized spacial score (nSPS) is 10.1. The molecule has 0 saturated carbocycles. The number of halogens is 1. The van der Waals surface area contributed by atoms with Crippen molar-refractivity contribution < 1.29 is 9.53 Å². The van der Waals surface area contributed by atoms with Gasteiger partial charge in [-0.3, -0.25) is 4.79 Å². The number of aromatic nitrogens is 1. The fourth-order valence-corrected chi connectivity index (χ4v) is 2.33. The van der Waals surface area contributed by atoms with Gasteiger partial charge in [0, 0.05) is 5.56 Å². The van der Waals surface area contributed by atoms with Crippen molar-refractivity contribution in [2.24, 2.45) is 0 Å². The van der Waals surface area contributed by atoms with Gasteiger partial charge < -0.3 is 4.74 Å². The van der Waals surface area contributed by atoms with Gasteiger partial charge in [0.25, 0.3) is 6.47 Å². The second-order valence-corrected chi connectivity index (χ2v) is 4.64. The molecule has 0 aliphatic carbocycles. The number of aryl methyl sites for hydroxylation is 1. The molecule has 2 aromatic rings. The largest absolute Gasteiger partial charge is 0.415 e. The molecular weight excluding hydrogens is 246 g/mol. The van der Waals surface area contributed by atoms with Gasteiger partial charge >= 0.3 is 0 Å². The summed E-state index contributed by atoms with van der Waals surface area (Å²) in [6, 6.07) is 7.32. The van der Waals surface area contributed by atoms with Crippen molar-refractivity contribution >= 4 is 29.4 Å². The maximum absolute atomic E-state index is 10.4. The third-order valence-electron chi connectivity index (χ3n) is 1.99. The maximum atomic E-state index is 10.4. The van der Waals surface area contributed by atoms with Crippen LogP contribution in [0.15, 0.2) is 24.3 Å². The number of hydrogen-bond acceptors (Lipinski definition) is 4. The summed E-state index contributed by atoms with van der Waals surface area (Å²) in [5.74, 6) is 0. The molecule has 3 nitrogen and oxygen atoms in total. The highest BCUT2D eigenvalue weighted by atomic mass is 35.5. The van der Waals surface area contributed by atoms with Crippen LogP contribution >= 0.6 is 22.9 Å². The number of nitrogens with zero attached hydrogens (tertiary/aromatic N) is 1. The van der Waals surface area contributed by atoms with Crippen LogP contribution in [-0.2, 0) is 4.79 Å². The molecule has 0 aliphatic heterocycles. The summed E-state index contributed by atoms with van der Waals surface area (Å²) in [7, 11) is 0. The van der Waals surface area contributed by atoms with E-state index < -0.39 is 0 Å². The molecular formula is C11H8ClNO2S. The number of benzene rings is 1. The van der Waals surface area contributed by atoms with Crippen LogP contribution in [0.3, 0.4) is 0 Å². The Morgan fingerprint density at radius 1 is 1.44 bits per heavy atom. The van der Waals surface area contributed by atoms with Gasteiger partial charge in [-0.1, -0.05) is 41.1 Å². The van der Waals surface area contributed by atoms with Gasteiger partial charge in [0.1, 0.15) is 5.69 Å². The predicted octanol–water partition coefficient (Wildman–Crippen LogP) is 3.31. The molecule has 82 valence electrons. The monoisotopic (exact) mass is 253 g/mol. The highest BCUT2D eigenvalue weighted by Crippen LogP contribution is 2.37. The lowest BCUT2D eigenvalue weighted by Gasteiger charge is -2.01. The Hall–Kier alpha value is -1.39. The van der Waals surface area contributed by atoms with Gasteiger partial charge in [0.05, 0.1) is 10.0 Å². The Kier molecular flexibility index (Phi) is 3.22. The smallest absolute Gasteiger partial charge is 0.299 e. The molecule has 1 heterocycles. The van der Waals surface area contributed by atoms with E-state index in [1.54, 1.807) is 6.07 Å². The molecule has 0 aliphatic rings. The molecule has 16 heavy (non-hydrogen) atoms. The van der Waals surface area contributed by atoms with Crippen LogP contribution in [0.25, 0.3) is 11.3 Å². The van der Waals surface area contributed by atoms with E-state index in [1.165, 1.54) is 11.3 Å². The first-order chi connectivity index (χ1) is 7.72. The molecule has 1 aromatic heterocycles. The minimum atomic E-state index is 0.396. The van der Waals surface area contributed by atoms with E-state index in [0.29, 0.717) is 22.3 Å². The minimum absolute atomic E-state index is 0.396. The van der Waals surface area contributed by atoms with E-state index in [1.807, 2.05) is 25.1 Å². The van der Waals surface area contributed by atoms with Crippen molar-refractivity contribution in [1.82, 2.24) is 4.98 Å². The lowest BCUT2D eigenvalue weighted by Crippen LogP contribution is -1.89. The molecule has 0 atom stereocenters. The Labute approximate surface area is 102 Å². The average Bonchev–Trinajstić information content (AvgIpc) is 2.61. The van der Waals surface area contributed by atoms with Crippen LogP contribution in [0.2, 0.25) is 5.02 Å². The Balaban J connectivity index is 2.55. The lowest BCUT2D eigenvalue weighted by atomic mass is 10.2. The summed E-state index contributed by atoms with van der Waals surface area (Å²) < 4.78 is 4.88. The third-order valence-corrected chi connectivity index (χ3v) is 3.18. The second kappa shape index (κ2) is 4.63. The summed E-state index contributed by atoms with van der Waals surface area (Å²) >= 11 is 7.38. The van der Waals surface area contributed by atoms with Crippen LogP contribution in [0.4, 0.5) is 0 Å². The molecule has 0 saturated heterocycles. The molecule has 1 aromatic carbocycles. The van der Waals surface area contributed by atoms with Crippen LogP contribution in [0, 0.1) is 6.92 Å². The lowest BCUT2D eigenvalue weighted by molar-refractivity contribution is -0.120. The van der Waals surface area contributed by atoms with Crippen molar-refractivity contribution in [2.75, 3.05) is 0 Å². The maximum Gasteiger partial charge on any atom is 0.299 e. The molecule has 0 fully saturated rings. The summed E-state index contributed by atoms with van der Waals surface area (Å²) in [5.41, 5.74) is 1.38. The molecule has 0 radical (unpaired) electrons. The molecule has 0 unspecified atom stereocenters. The number of rotatable bonds is 3. The van der Waals surface area contributed by atoms with Crippen molar-refractivity contribution in [3.05, 3.63) is 34.3 Å². The fourth-order valence-electron chi connectivity index (χ4n) is 1.36. The summed E-state index contributed by atoms with van der Waals surface area (Å²) in [6.45, 7) is 2.25. The zero-order valence-corrected chi connectivity index (χ0v) is 10.0. The van der Waals surface area contributed by atoms with Crippen molar-refractivity contribution in [3.8, 4) is 16.3 Å². The van der Waals surface area contributed by atoms with Crippen molar-refractivity contribution in [2.45, 2.75) is 6.92 Å².